The third kappa shape index (κ3) is 5.35. The summed E-state index contributed by atoms with van der Waals surface area (Å²) in [6.45, 7) is 18.0. The SMILES string of the molecule is CNc1ccc([Si](C)(C)CSc2cc(C(C)(C)C)c(O)cc2C(C)(C)C)cc1. The summed E-state index contributed by atoms with van der Waals surface area (Å²) in [6, 6.07) is 13.1. The van der Waals surface area contributed by atoms with E-state index in [-0.39, 0.29) is 10.8 Å². The molecule has 0 spiro atoms. The fourth-order valence-electron chi connectivity index (χ4n) is 3.30. The van der Waals surface area contributed by atoms with Crippen molar-refractivity contribution in [1.82, 2.24) is 0 Å². The molecule has 0 fully saturated rings. The number of phenolic OH excluding ortho intramolecular Hbond substituents is 1. The highest BCUT2D eigenvalue weighted by molar-refractivity contribution is 8.01. The van der Waals surface area contributed by atoms with Crippen LogP contribution in [0, 0.1) is 0 Å². The Kier molecular flexibility index (Phi) is 6.67. The molecule has 2 nitrogen and oxygen atoms in total. The number of hydrogen-bond donors (Lipinski definition) is 2. The van der Waals surface area contributed by atoms with Crippen LogP contribution in [0.2, 0.25) is 13.1 Å². The minimum atomic E-state index is -1.58. The molecule has 2 aromatic rings. The van der Waals surface area contributed by atoms with Crippen LogP contribution in [0.1, 0.15) is 52.7 Å². The van der Waals surface area contributed by atoms with Crippen molar-refractivity contribution in [3.63, 3.8) is 0 Å². The number of thioether (sulfide) groups is 1. The molecule has 0 aromatic heterocycles. The molecular formula is C24H37NOSSi. The average molecular weight is 416 g/mol. The van der Waals surface area contributed by atoms with Gasteiger partial charge in [0.15, 0.2) is 0 Å². The van der Waals surface area contributed by atoms with Crippen molar-refractivity contribution in [2.45, 2.75) is 70.4 Å². The summed E-state index contributed by atoms with van der Waals surface area (Å²) in [6.07, 6.45) is 0. The highest BCUT2D eigenvalue weighted by atomic mass is 32.2. The zero-order valence-corrected chi connectivity index (χ0v) is 20.8. The second-order valence-electron chi connectivity index (χ2n) is 10.4. The largest absolute Gasteiger partial charge is 0.508 e. The van der Waals surface area contributed by atoms with E-state index in [2.05, 4.69) is 90.3 Å². The van der Waals surface area contributed by atoms with E-state index < -0.39 is 8.07 Å². The first-order chi connectivity index (χ1) is 12.8. The predicted molar refractivity (Wildman–Crippen MR) is 129 cm³/mol. The Morgan fingerprint density at radius 3 is 1.89 bits per heavy atom. The summed E-state index contributed by atoms with van der Waals surface area (Å²) in [5.74, 6) is 0.418. The Bertz CT molecular complexity index is 814. The summed E-state index contributed by atoms with van der Waals surface area (Å²) in [5, 5.41) is 16.5. The van der Waals surface area contributed by atoms with E-state index in [1.165, 1.54) is 15.6 Å². The molecule has 0 heterocycles. The molecule has 0 aliphatic carbocycles. The van der Waals surface area contributed by atoms with E-state index in [9.17, 15) is 5.11 Å². The monoisotopic (exact) mass is 415 g/mol. The van der Waals surface area contributed by atoms with Crippen LogP contribution < -0.4 is 10.5 Å². The quantitative estimate of drug-likeness (QED) is 0.445. The molecule has 0 unspecified atom stereocenters. The number of phenols is 1. The van der Waals surface area contributed by atoms with Crippen molar-refractivity contribution < 1.29 is 5.11 Å². The summed E-state index contributed by atoms with van der Waals surface area (Å²) < 4.78 is 0. The van der Waals surface area contributed by atoms with Crippen molar-refractivity contribution in [1.29, 1.82) is 0 Å². The standard InChI is InChI=1S/C24H37NOSSi/c1-23(2,3)19-15-22(20(14-21(19)26)24(4,5)6)27-16-28(8,9)18-12-10-17(25-7)11-13-18/h10-15,25-26H,16H2,1-9H3. The molecule has 0 aliphatic rings. The molecule has 2 rings (SSSR count). The summed E-state index contributed by atoms with van der Waals surface area (Å²) in [7, 11) is 0.373. The molecule has 0 saturated carbocycles. The van der Waals surface area contributed by atoms with E-state index in [1.54, 1.807) is 0 Å². The minimum Gasteiger partial charge on any atom is -0.508 e. The van der Waals surface area contributed by atoms with E-state index in [0.29, 0.717) is 5.75 Å². The Hall–Kier alpha value is -1.39. The number of anilines is 1. The second kappa shape index (κ2) is 8.15. The van der Waals surface area contributed by atoms with Gasteiger partial charge in [-0.05, 0) is 46.0 Å². The topological polar surface area (TPSA) is 32.3 Å². The van der Waals surface area contributed by atoms with Crippen LogP contribution in [0.25, 0.3) is 0 Å². The lowest BCUT2D eigenvalue weighted by molar-refractivity contribution is 0.441. The van der Waals surface area contributed by atoms with Gasteiger partial charge in [0, 0.05) is 23.2 Å². The van der Waals surface area contributed by atoms with Gasteiger partial charge in [-0.2, -0.15) is 0 Å². The molecule has 0 atom stereocenters. The van der Waals surface area contributed by atoms with Crippen molar-refractivity contribution in [2.24, 2.45) is 0 Å². The van der Waals surface area contributed by atoms with E-state index in [0.717, 1.165) is 16.6 Å². The first-order valence-electron chi connectivity index (χ1n) is 10.0. The van der Waals surface area contributed by atoms with Crippen molar-refractivity contribution in [3.05, 3.63) is 47.5 Å². The minimum absolute atomic E-state index is 0.00360. The van der Waals surface area contributed by atoms with Crippen molar-refractivity contribution in [2.75, 3.05) is 17.7 Å². The molecule has 0 amide bonds. The third-order valence-electron chi connectivity index (χ3n) is 5.26. The summed E-state index contributed by atoms with van der Waals surface area (Å²) >= 11 is 1.96. The molecule has 28 heavy (non-hydrogen) atoms. The lowest BCUT2D eigenvalue weighted by Crippen LogP contribution is -2.44. The highest BCUT2D eigenvalue weighted by Crippen LogP contribution is 2.41. The van der Waals surface area contributed by atoms with Gasteiger partial charge in [0.25, 0.3) is 0 Å². The smallest absolute Gasteiger partial charge is 0.119 e. The van der Waals surface area contributed by atoms with E-state index in [4.69, 9.17) is 0 Å². The van der Waals surface area contributed by atoms with Gasteiger partial charge in [-0.15, -0.1) is 11.8 Å². The lowest BCUT2D eigenvalue weighted by atomic mass is 9.81. The number of rotatable bonds is 5. The van der Waals surface area contributed by atoms with Gasteiger partial charge in [0.1, 0.15) is 5.75 Å². The van der Waals surface area contributed by atoms with E-state index in [1.807, 2.05) is 24.9 Å². The molecule has 2 aromatic carbocycles. The van der Waals surface area contributed by atoms with Gasteiger partial charge in [-0.25, -0.2) is 0 Å². The van der Waals surface area contributed by atoms with Crippen LogP contribution in [-0.2, 0) is 10.8 Å². The number of aromatic hydroxyl groups is 1. The molecule has 154 valence electrons. The maximum absolute atomic E-state index is 10.7. The third-order valence-corrected chi connectivity index (χ3v) is 11.3. The first kappa shape index (κ1) is 22.9. The summed E-state index contributed by atoms with van der Waals surface area (Å²) in [4.78, 5) is 1.31. The molecule has 4 heteroatoms. The van der Waals surface area contributed by atoms with Crippen LogP contribution in [0.4, 0.5) is 5.69 Å². The van der Waals surface area contributed by atoms with Crippen LogP contribution >= 0.6 is 11.8 Å². The molecule has 0 aliphatic heterocycles. The highest BCUT2D eigenvalue weighted by Gasteiger charge is 2.28. The number of nitrogens with one attached hydrogen (secondary N) is 1. The maximum Gasteiger partial charge on any atom is 0.119 e. The zero-order chi connectivity index (χ0) is 21.3. The Balaban J connectivity index is 2.37. The van der Waals surface area contributed by atoms with Crippen LogP contribution in [-0.4, -0.2) is 25.6 Å². The van der Waals surface area contributed by atoms with Gasteiger partial charge in [0.05, 0.1) is 8.07 Å². The van der Waals surface area contributed by atoms with E-state index >= 15 is 0 Å². The fourth-order valence-corrected chi connectivity index (χ4v) is 7.83. The number of hydrogen-bond acceptors (Lipinski definition) is 3. The van der Waals surface area contributed by atoms with Gasteiger partial charge >= 0.3 is 0 Å². The second-order valence-corrected chi connectivity index (χ2v) is 16.6. The van der Waals surface area contributed by atoms with Crippen molar-refractivity contribution >= 4 is 30.7 Å². The Morgan fingerprint density at radius 1 is 0.893 bits per heavy atom. The van der Waals surface area contributed by atoms with Crippen LogP contribution in [0.5, 0.6) is 5.75 Å². The fraction of sp³-hybridized carbons (Fsp3) is 0.500. The number of benzene rings is 2. The predicted octanol–water partition coefficient (Wildman–Crippen LogP) is 6.28. The zero-order valence-electron chi connectivity index (χ0n) is 19.0. The lowest BCUT2D eigenvalue weighted by Gasteiger charge is -2.29. The van der Waals surface area contributed by atoms with Crippen LogP contribution in [0.15, 0.2) is 41.3 Å². The average Bonchev–Trinajstić information content (AvgIpc) is 2.58. The normalized spacial score (nSPS) is 12.9. The first-order valence-corrected chi connectivity index (χ1v) is 14.2. The molecule has 0 saturated heterocycles. The Labute approximate surface area is 177 Å². The van der Waals surface area contributed by atoms with Gasteiger partial charge in [-0.1, -0.05) is 72.0 Å². The molecular weight excluding hydrogens is 378 g/mol. The molecule has 0 radical (unpaired) electrons. The van der Waals surface area contributed by atoms with Gasteiger partial charge in [-0.3, -0.25) is 0 Å². The van der Waals surface area contributed by atoms with Gasteiger partial charge in [0.2, 0.25) is 0 Å². The molecule has 0 bridgehead atoms. The molecule has 2 N–H and O–H groups in total. The van der Waals surface area contributed by atoms with Crippen LogP contribution in [0.3, 0.4) is 0 Å². The van der Waals surface area contributed by atoms with Crippen molar-refractivity contribution in [3.8, 4) is 5.75 Å². The summed E-state index contributed by atoms with van der Waals surface area (Å²) in [5.41, 5.74) is 3.34. The Morgan fingerprint density at radius 2 is 1.43 bits per heavy atom. The van der Waals surface area contributed by atoms with Gasteiger partial charge < -0.3 is 10.4 Å². The maximum atomic E-state index is 10.7.